The van der Waals surface area contributed by atoms with Crippen molar-refractivity contribution in [1.29, 1.82) is 0 Å². The minimum absolute atomic E-state index is 0.000693. The molecule has 0 saturated carbocycles. The summed E-state index contributed by atoms with van der Waals surface area (Å²) in [4.78, 5) is 25.4. The van der Waals surface area contributed by atoms with E-state index in [0.717, 1.165) is 9.13 Å². The first-order valence-corrected chi connectivity index (χ1v) is 10.5. The number of fused-ring (bicyclic) bond motifs is 3. The lowest BCUT2D eigenvalue weighted by molar-refractivity contribution is -0.184. The minimum Gasteiger partial charge on any atom is -0.387 e. The normalized spacial score (nSPS) is 27.5. The van der Waals surface area contributed by atoms with Gasteiger partial charge in [0.15, 0.2) is 23.2 Å². The molecule has 3 N–H and O–H groups in total. The van der Waals surface area contributed by atoms with Gasteiger partial charge in [-0.15, -0.1) is 0 Å². The SMILES string of the molecule is CNC(=O)[C@]12CO[C@@H](C1O)[C@H](n1cnc3c(NCc4cccc(I)c4)ncnc31)O2. The molecule has 1 amide bonds. The molecule has 2 saturated heterocycles. The fourth-order valence-corrected chi connectivity index (χ4v) is 4.57. The number of rotatable bonds is 5. The number of hydrogen-bond donors (Lipinski definition) is 3. The molecule has 0 aliphatic carbocycles. The van der Waals surface area contributed by atoms with Crippen molar-refractivity contribution in [3.05, 3.63) is 46.1 Å². The van der Waals surface area contributed by atoms with Gasteiger partial charge < -0.3 is 25.2 Å². The molecule has 3 aromatic rings. The van der Waals surface area contributed by atoms with Gasteiger partial charge in [0.05, 0.1) is 12.9 Å². The Morgan fingerprint density at radius 2 is 2.27 bits per heavy atom. The average molecular weight is 522 g/mol. The van der Waals surface area contributed by atoms with Crippen LogP contribution in [0.1, 0.15) is 11.8 Å². The van der Waals surface area contributed by atoms with E-state index in [9.17, 15) is 9.90 Å². The number of likely N-dealkylation sites (N-methyl/N-ethyl adjacent to an activating group) is 1. The zero-order chi connectivity index (χ0) is 20.9. The maximum Gasteiger partial charge on any atom is 0.257 e. The van der Waals surface area contributed by atoms with Crippen molar-refractivity contribution in [3.63, 3.8) is 0 Å². The van der Waals surface area contributed by atoms with Crippen LogP contribution in [-0.4, -0.2) is 62.0 Å². The Bertz CT molecular complexity index is 1120. The van der Waals surface area contributed by atoms with Gasteiger partial charge in [-0.25, -0.2) is 15.0 Å². The van der Waals surface area contributed by atoms with Crippen molar-refractivity contribution in [2.75, 3.05) is 19.0 Å². The van der Waals surface area contributed by atoms with Gasteiger partial charge in [0.25, 0.3) is 5.91 Å². The molecule has 11 heteroatoms. The summed E-state index contributed by atoms with van der Waals surface area (Å²) in [5.41, 5.74) is 0.779. The first-order valence-electron chi connectivity index (χ1n) is 9.39. The summed E-state index contributed by atoms with van der Waals surface area (Å²) in [6.45, 7) is 0.583. The van der Waals surface area contributed by atoms with Crippen LogP contribution in [0, 0.1) is 3.57 Å². The molecule has 156 valence electrons. The van der Waals surface area contributed by atoms with Gasteiger partial charge in [0.2, 0.25) is 5.60 Å². The zero-order valence-electron chi connectivity index (χ0n) is 15.9. The number of ether oxygens (including phenoxy) is 2. The van der Waals surface area contributed by atoms with Crippen molar-refractivity contribution in [3.8, 4) is 0 Å². The van der Waals surface area contributed by atoms with Crippen molar-refractivity contribution in [2.24, 2.45) is 0 Å². The monoisotopic (exact) mass is 522 g/mol. The van der Waals surface area contributed by atoms with Crippen molar-refractivity contribution < 1.29 is 19.4 Å². The standard InChI is InChI=1S/C19H19IN6O4/c1-21-18(28)19-7-29-13(14(19)27)17(30-19)26-9-25-12-15(23-8-24-16(12)26)22-6-10-3-2-4-11(20)5-10/h2-5,8-9,13-14,17,27H,6-7H2,1H3,(H,21,28)(H,22,23,24)/t13-,14?,17+,19-/m0/s1. The minimum atomic E-state index is -1.43. The molecule has 0 radical (unpaired) electrons. The molecule has 1 aromatic carbocycles. The number of carbonyl (C=O) groups excluding carboxylic acids is 1. The number of aromatic nitrogens is 4. The number of aliphatic hydroxyl groups is 1. The summed E-state index contributed by atoms with van der Waals surface area (Å²) in [5.74, 6) is 0.169. The number of nitrogens with one attached hydrogen (secondary N) is 2. The Kier molecular flexibility index (Phi) is 4.84. The van der Waals surface area contributed by atoms with E-state index >= 15 is 0 Å². The number of anilines is 1. The molecule has 5 rings (SSSR count). The van der Waals surface area contributed by atoms with Crippen LogP contribution in [0.2, 0.25) is 0 Å². The Morgan fingerprint density at radius 1 is 1.40 bits per heavy atom. The Hall–Kier alpha value is -2.35. The second kappa shape index (κ2) is 7.41. The number of amides is 1. The predicted molar refractivity (Wildman–Crippen MR) is 114 cm³/mol. The summed E-state index contributed by atoms with van der Waals surface area (Å²) in [7, 11) is 1.50. The number of carbonyl (C=O) groups is 1. The van der Waals surface area contributed by atoms with Crippen molar-refractivity contribution in [2.45, 2.75) is 30.6 Å². The van der Waals surface area contributed by atoms with Crippen LogP contribution in [0.3, 0.4) is 0 Å². The highest BCUT2D eigenvalue weighted by atomic mass is 127. The molecular formula is C19H19IN6O4. The Morgan fingerprint density at radius 3 is 3.07 bits per heavy atom. The number of halogens is 1. The van der Waals surface area contributed by atoms with Crippen molar-refractivity contribution in [1.82, 2.24) is 24.8 Å². The second-order valence-electron chi connectivity index (χ2n) is 7.23. The molecule has 2 aliphatic heterocycles. The van der Waals surface area contributed by atoms with Crippen LogP contribution in [0.5, 0.6) is 0 Å². The molecule has 1 unspecified atom stereocenters. The number of aliphatic hydroxyl groups excluding tert-OH is 1. The lowest BCUT2D eigenvalue weighted by Gasteiger charge is -2.29. The molecule has 4 atom stereocenters. The van der Waals surface area contributed by atoms with Gasteiger partial charge in [0.1, 0.15) is 18.5 Å². The summed E-state index contributed by atoms with van der Waals surface area (Å²) < 4.78 is 14.5. The average Bonchev–Trinajstić information content (AvgIpc) is 3.42. The van der Waals surface area contributed by atoms with Gasteiger partial charge in [0, 0.05) is 17.2 Å². The number of nitrogens with zero attached hydrogens (tertiary/aromatic N) is 4. The Balaban J connectivity index is 1.44. The highest BCUT2D eigenvalue weighted by Crippen LogP contribution is 2.45. The van der Waals surface area contributed by atoms with E-state index in [0.29, 0.717) is 23.5 Å². The van der Waals surface area contributed by atoms with Gasteiger partial charge >= 0.3 is 0 Å². The van der Waals surface area contributed by atoms with Gasteiger partial charge in [-0.05, 0) is 40.3 Å². The van der Waals surface area contributed by atoms with Crippen LogP contribution in [0.25, 0.3) is 11.2 Å². The maximum absolute atomic E-state index is 12.3. The summed E-state index contributed by atoms with van der Waals surface area (Å²) in [5, 5.41) is 16.5. The van der Waals surface area contributed by atoms with E-state index in [2.05, 4.69) is 54.2 Å². The van der Waals surface area contributed by atoms with E-state index in [1.807, 2.05) is 18.2 Å². The molecule has 2 aromatic heterocycles. The molecule has 2 fully saturated rings. The van der Waals surface area contributed by atoms with E-state index in [-0.39, 0.29) is 6.61 Å². The second-order valence-corrected chi connectivity index (χ2v) is 8.47. The van der Waals surface area contributed by atoms with E-state index < -0.39 is 29.9 Å². The number of benzene rings is 1. The van der Waals surface area contributed by atoms with Crippen LogP contribution in [0.15, 0.2) is 36.9 Å². The van der Waals surface area contributed by atoms with Crippen LogP contribution >= 0.6 is 22.6 Å². The van der Waals surface area contributed by atoms with Gasteiger partial charge in [-0.2, -0.15) is 0 Å². The number of imidazole rings is 1. The van der Waals surface area contributed by atoms with E-state index in [1.54, 1.807) is 10.9 Å². The lowest BCUT2D eigenvalue weighted by atomic mass is 9.98. The maximum atomic E-state index is 12.3. The fraction of sp³-hybridized carbons (Fsp3) is 0.368. The quantitative estimate of drug-likeness (QED) is 0.421. The van der Waals surface area contributed by atoms with Gasteiger partial charge in [-0.3, -0.25) is 9.36 Å². The van der Waals surface area contributed by atoms with E-state index in [4.69, 9.17) is 9.47 Å². The van der Waals surface area contributed by atoms with Crippen LogP contribution in [-0.2, 0) is 20.8 Å². The van der Waals surface area contributed by atoms with Crippen molar-refractivity contribution >= 4 is 45.5 Å². The topological polar surface area (TPSA) is 123 Å². The van der Waals surface area contributed by atoms with E-state index in [1.165, 1.54) is 13.4 Å². The molecular weight excluding hydrogens is 503 g/mol. The largest absolute Gasteiger partial charge is 0.387 e. The van der Waals surface area contributed by atoms with Crippen LogP contribution in [0.4, 0.5) is 5.82 Å². The summed E-state index contributed by atoms with van der Waals surface area (Å²) >= 11 is 2.27. The third kappa shape index (κ3) is 2.95. The molecule has 30 heavy (non-hydrogen) atoms. The third-order valence-corrected chi connectivity index (χ3v) is 6.16. The Labute approximate surface area is 185 Å². The fourth-order valence-electron chi connectivity index (χ4n) is 3.97. The summed E-state index contributed by atoms with van der Waals surface area (Å²) in [6.07, 6.45) is 0.498. The molecule has 2 bridgehead atoms. The molecule has 0 spiro atoms. The third-order valence-electron chi connectivity index (χ3n) is 5.48. The zero-order valence-corrected chi connectivity index (χ0v) is 18.1. The number of hydrogen-bond acceptors (Lipinski definition) is 8. The molecule has 10 nitrogen and oxygen atoms in total. The van der Waals surface area contributed by atoms with Gasteiger partial charge in [-0.1, -0.05) is 12.1 Å². The molecule has 2 aliphatic rings. The summed E-state index contributed by atoms with van der Waals surface area (Å²) in [6, 6.07) is 8.16. The van der Waals surface area contributed by atoms with Crippen LogP contribution < -0.4 is 10.6 Å². The lowest BCUT2D eigenvalue weighted by Crippen LogP contribution is -2.53. The molecule has 4 heterocycles. The first kappa shape index (κ1) is 19.6. The first-order chi connectivity index (χ1) is 14.5. The highest BCUT2D eigenvalue weighted by Gasteiger charge is 2.65. The highest BCUT2D eigenvalue weighted by molar-refractivity contribution is 14.1. The predicted octanol–water partition coefficient (Wildman–Crippen LogP) is 0.816. The smallest absolute Gasteiger partial charge is 0.257 e.